The maximum absolute atomic E-state index is 11.3. The van der Waals surface area contributed by atoms with Crippen molar-refractivity contribution in [1.29, 1.82) is 0 Å². The zero-order valence-electron chi connectivity index (χ0n) is 11.3. The van der Waals surface area contributed by atoms with E-state index < -0.39 is 11.4 Å². The third-order valence-corrected chi connectivity index (χ3v) is 3.46. The van der Waals surface area contributed by atoms with E-state index in [1.807, 2.05) is 0 Å². The summed E-state index contributed by atoms with van der Waals surface area (Å²) < 4.78 is 11.1. The van der Waals surface area contributed by atoms with Crippen molar-refractivity contribution >= 4 is 5.91 Å². The molecule has 0 aliphatic heterocycles. The molecule has 1 saturated carbocycles. The molecular weight excluding hydrogens is 232 g/mol. The number of carbonyl (C=O) groups excluding carboxylic acids is 1. The van der Waals surface area contributed by atoms with Gasteiger partial charge in [-0.3, -0.25) is 4.79 Å². The van der Waals surface area contributed by atoms with Crippen molar-refractivity contribution in [1.82, 2.24) is 0 Å². The van der Waals surface area contributed by atoms with Gasteiger partial charge in [0.05, 0.1) is 24.9 Å². The van der Waals surface area contributed by atoms with Crippen LogP contribution < -0.4 is 11.5 Å². The predicted molar refractivity (Wildman–Crippen MR) is 70.0 cm³/mol. The summed E-state index contributed by atoms with van der Waals surface area (Å²) in [7, 11) is 0. The van der Waals surface area contributed by atoms with E-state index in [9.17, 15) is 4.79 Å². The molecule has 0 heterocycles. The first kappa shape index (κ1) is 15.4. The van der Waals surface area contributed by atoms with Crippen LogP contribution in [0.15, 0.2) is 0 Å². The van der Waals surface area contributed by atoms with Crippen molar-refractivity contribution in [3.8, 4) is 0 Å². The molecule has 1 rings (SSSR count). The van der Waals surface area contributed by atoms with Crippen LogP contribution >= 0.6 is 0 Å². The third kappa shape index (κ3) is 4.92. The monoisotopic (exact) mass is 258 g/mol. The molecule has 5 nitrogen and oxygen atoms in total. The summed E-state index contributed by atoms with van der Waals surface area (Å²) in [6.45, 7) is 4.08. The molecule has 106 valence electrons. The molecule has 1 aliphatic carbocycles. The van der Waals surface area contributed by atoms with Crippen molar-refractivity contribution < 1.29 is 14.3 Å². The van der Waals surface area contributed by atoms with Crippen molar-refractivity contribution in [3.63, 3.8) is 0 Å². The SMILES string of the molecule is CCCCOCCOC1CCCC(N)(C(N)=O)C1. The molecule has 2 atom stereocenters. The van der Waals surface area contributed by atoms with Gasteiger partial charge in [-0.15, -0.1) is 0 Å². The fourth-order valence-corrected chi connectivity index (χ4v) is 2.24. The van der Waals surface area contributed by atoms with Crippen LogP contribution in [0, 0.1) is 0 Å². The highest BCUT2D eigenvalue weighted by atomic mass is 16.5. The number of nitrogens with two attached hydrogens (primary N) is 2. The molecule has 4 N–H and O–H groups in total. The minimum Gasteiger partial charge on any atom is -0.379 e. The average molecular weight is 258 g/mol. The Labute approximate surface area is 109 Å². The zero-order valence-corrected chi connectivity index (χ0v) is 11.3. The summed E-state index contributed by atoms with van der Waals surface area (Å²) >= 11 is 0. The Bertz CT molecular complexity index is 261. The van der Waals surface area contributed by atoms with Crippen LogP contribution in [-0.4, -0.2) is 37.4 Å². The lowest BCUT2D eigenvalue weighted by atomic mass is 9.80. The number of primary amides is 1. The highest BCUT2D eigenvalue weighted by Crippen LogP contribution is 2.27. The van der Waals surface area contributed by atoms with Gasteiger partial charge < -0.3 is 20.9 Å². The van der Waals surface area contributed by atoms with Crippen molar-refractivity contribution in [2.75, 3.05) is 19.8 Å². The topological polar surface area (TPSA) is 87.6 Å². The Balaban J connectivity index is 2.17. The summed E-state index contributed by atoms with van der Waals surface area (Å²) in [5.41, 5.74) is 10.4. The molecule has 0 aromatic carbocycles. The van der Waals surface area contributed by atoms with Crippen LogP contribution in [0.25, 0.3) is 0 Å². The summed E-state index contributed by atoms with van der Waals surface area (Å²) in [6.07, 6.45) is 5.27. The molecular formula is C13H26N2O3. The second kappa shape index (κ2) is 7.71. The van der Waals surface area contributed by atoms with Gasteiger partial charge in [0.25, 0.3) is 0 Å². The summed E-state index contributed by atoms with van der Waals surface area (Å²) in [6, 6.07) is 0. The average Bonchev–Trinajstić information content (AvgIpc) is 2.34. The number of rotatable bonds is 8. The van der Waals surface area contributed by atoms with Crippen LogP contribution in [0.4, 0.5) is 0 Å². The van der Waals surface area contributed by atoms with Crippen molar-refractivity contribution in [3.05, 3.63) is 0 Å². The molecule has 0 aromatic rings. The highest BCUT2D eigenvalue weighted by Gasteiger charge is 2.38. The number of amides is 1. The van der Waals surface area contributed by atoms with Gasteiger partial charge in [0, 0.05) is 13.0 Å². The maximum Gasteiger partial charge on any atom is 0.237 e. The summed E-state index contributed by atoms with van der Waals surface area (Å²) in [5, 5.41) is 0. The lowest BCUT2D eigenvalue weighted by molar-refractivity contribution is -0.126. The maximum atomic E-state index is 11.3. The molecule has 0 saturated heterocycles. The molecule has 0 bridgehead atoms. The number of ether oxygens (including phenoxy) is 2. The zero-order chi connectivity index (χ0) is 13.4. The van der Waals surface area contributed by atoms with E-state index in [-0.39, 0.29) is 6.10 Å². The lowest BCUT2D eigenvalue weighted by Crippen LogP contribution is -2.56. The number of hydrogen-bond donors (Lipinski definition) is 2. The van der Waals surface area contributed by atoms with Gasteiger partial charge in [-0.25, -0.2) is 0 Å². The van der Waals surface area contributed by atoms with Gasteiger partial charge in [0.2, 0.25) is 5.91 Å². The normalized spacial score (nSPS) is 28.2. The Hall–Kier alpha value is -0.650. The minimum atomic E-state index is -0.883. The largest absolute Gasteiger partial charge is 0.379 e. The van der Waals surface area contributed by atoms with E-state index >= 15 is 0 Å². The van der Waals surface area contributed by atoms with Gasteiger partial charge in [0.15, 0.2) is 0 Å². The number of hydrogen-bond acceptors (Lipinski definition) is 4. The van der Waals surface area contributed by atoms with E-state index in [2.05, 4.69) is 6.92 Å². The molecule has 18 heavy (non-hydrogen) atoms. The summed E-state index contributed by atoms with van der Waals surface area (Å²) in [4.78, 5) is 11.3. The molecule has 5 heteroatoms. The van der Waals surface area contributed by atoms with E-state index in [0.29, 0.717) is 26.1 Å². The van der Waals surface area contributed by atoms with E-state index in [1.54, 1.807) is 0 Å². The smallest absolute Gasteiger partial charge is 0.237 e. The van der Waals surface area contributed by atoms with Crippen LogP contribution in [0.3, 0.4) is 0 Å². The van der Waals surface area contributed by atoms with Crippen LogP contribution in [0.2, 0.25) is 0 Å². The highest BCUT2D eigenvalue weighted by molar-refractivity contribution is 5.84. The molecule has 0 radical (unpaired) electrons. The van der Waals surface area contributed by atoms with E-state index in [0.717, 1.165) is 32.3 Å². The lowest BCUT2D eigenvalue weighted by Gasteiger charge is -2.35. The van der Waals surface area contributed by atoms with Gasteiger partial charge >= 0.3 is 0 Å². The molecule has 1 aliphatic rings. The fourth-order valence-electron chi connectivity index (χ4n) is 2.24. The number of carbonyl (C=O) groups is 1. The second-order valence-corrected chi connectivity index (χ2v) is 5.08. The van der Waals surface area contributed by atoms with E-state index in [4.69, 9.17) is 20.9 Å². The molecule has 1 amide bonds. The third-order valence-electron chi connectivity index (χ3n) is 3.46. The Morgan fingerprint density at radius 1 is 1.39 bits per heavy atom. The Kier molecular flexibility index (Phi) is 6.60. The van der Waals surface area contributed by atoms with Crippen LogP contribution in [0.1, 0.15) is 45.4 Å². The van der Waals surface area contributed by atoms with Gasteiger partial charge in [0.1, 0.15) is 0 Å². The first-order chi connectivity index (χ1) is 8.58. The van der Waals surface area contributed by atoms with Crippen LogP contribution in [0.5, 0.6) is 0 Å². The van der Waals surface area contributed by atoms with Gasteiger partial charge in [-0.2, -0.15) is 0 Å². The van der Waals surface area contributed by atoms with Crippen LogP contribution in [-0.2, 0) is 14.3 Å². The fraction of sp³-hybridized carbons (Fsp3) is 0.923. The molecule has 2 unspecified atom stereocenters. The quantitative estimate of drug-likeness (QED) is 0.634. The molecule has 0 spiro atoms. The first-order valence-electron chi connectivity index (χ1n) is 6.86. The van der Waals surface area contributed by atoms with Gasteiger partial charge in [-0.1, -0.05) is 13.3 Å². The standard InChI is InChI=1S/C13H26N2O3/c1-2-3-7-17-8-9-18-11-5-4-6-13(15,10-11)12(14)16/h11H,2-10,15H2,1H3,(H2,14,16). The molecule has 0 aromatic heterocycles. The summed E-state index contributed by atoms with van der Waals surface area (Å²) in [5.74, 6) is -0.421. The predicted octanol–water partition coefficient (Wildman–Crippen LogP) is 0.945. The second-order valence-electron chi connectivity index (χ2n) is 5.08. The van der Waals surface area contributed by atoms with Gasteiger partial charge in [-0.05, 0) is 25.7 Å². The van der Waals surface area contributed by atoms with Crippen molar-refractivity contribution in [2.45, 2.75) is 57.1 Å². The van der Waals surface area contributed by atoms with E-state index in [1.165, 1.54) is 0 Å². The minimum absolute atomic E-state index is 0.0334. The Morgan fingerprint density at radius 3 is 2.83 bits per heavy atom. The van der Waals surface area contributed by atoms with Crippen molar-refractivity contribution in [2.24, 2.45) is 11.5 Å². The number of unbranched alkanes of at least 4 members (excludes halogenated alkanes) is 1. The first-order valence-corrected chi connectivity index (χ1v) is 6.86. The molecule has 1 fully saturated rings. The Morgan fingerprint density at radius 2 is 2.17 bits per heavy atom.